The average Bonchev–Trinajstić information content (AvgIpc) is 2.43. The number of aliphatic hydroxyl groups excluding tert-OH is 1. The predicted molar refractivity (Wildman–Crippen MR) is 84.1 cm³/mol. The quantitative estimate of drug-likeness (QED) is 0.906. The van der Waals surface area contributed by atoms with Crippen LogP contribution in [0.5, 0.6) is 0 Å². The van der Waals surface area contributed by atoms with Crippen LogP contribution in [-0.4, -0.2) is 13.5 Å². The van der Waals surface area contributed by atoms with Crippen molar-refractivity contribution >= 4 is 27.3 Å². The van der Waals surface area contributed by atoms with Gasteiger partial charge in [0.2, 0.25) is 0 Å². The fourth-order valence-electron chi connectivity index (χ4n) is 1.98. The average molecular weight is 326 g/mol. The second kappa shape index (κ2) is 6.05. The third-order valence-corrected chi connectivity index (χ3v) is 4.99. The van der Waals surface area contributed by atoms with Crippen molar-refractivity contribution < 1.29 is 13.5 Å². The second-order valence-corrected chi connectivity index (χ2v) is 6.85. The van der Waals surface area contributed by atoms with E-state index < -0.39 is 10.0 Å². The Morgan fingerprint density at radius 1 is 1.14 bits per heavy atom. The van der Waals surface area contributed by atoms with Gasteiger partial charge >= 0.3 is 0 Å². The number of hydrogen-bond acceptors (Lipinski definition) is 3. The standard InChI is InChI=1S/C15H16ClNO3S/c1-10-6-7-12(9-18)8-14(10)21(19,20)17-15-11(2)4-3-5-13(15)16/h3-8,17-18H,9H2,1-2H3. The summed E-state index contributed by atoms with van der Waals surface area (Å²) in [7, 11) is -3.77. The molecule has 2 rings (SSSR count). The van der Waals surface area contributed by atoms with Crippen LogP contribution in [0.4, 0.5) is 5.69 Å². The number of para-hydroxylation sites is 1. The molecule has 0 unspecified atom stereocenters. The minimum atomic E-state index is -3.77. The molecule has 0 heterocycles. The molecular formula is C15H16ClNO3S. The minimum absolute atomic E-state index is 0.133. The zero-order chi connectivity index (χ0) is 15.6. The highest BCUT2D eigenvalue weighted by atomic mass is 35.5. The van der Waals surface area contributed by atoms with Crippen molar-refractivity contribution in [3.05, 3.63) is 58.1 Å². The molecule has 0 spiro atoms. The van der Waals surface area contributed by atoms with E-state index in [-0.39, 0.29) is 11.5 Å². The van der Waals surface area contributed by atoms with E-state index in [0.29, 0.717) is 21.8 Å². The van der Waals surface area contributed by atoms with E-state index in [1.54, 1.807) is 44.2 Å². The van der Waals surface area contributed by atoms with E-state index in [1.807, 2.05) is 0 Å². The van der Waals surface area contributed by atoms with Crippen LogP contribution in [-0.2, 0) is 16.6 Å². The maximum Gasteiger partial charge on any atom is 0.262 e. The van der Waals surface area contributed by atoms with Gasteiger partial charge in [-0.15, -0.1) is 0 Å². The Kier molecular flexibility index (Phi) is 4.56. The molecule has 2 aromatic rings. The third-order valence-electron chi connectivity index (χ3n) is 3.18. The minimum Gasteiger partial charge on any atom is -0.392 e. The molecule has 0 aromatic heterocycles. The monoisotopic (exact) mass is 325 g/mol. The fourth-order valence-corrected chi connectivity index (χ4v) is 3.76. The number of benzene rings is 2. The van der Waals surface area contributed by atoms with Crippen molar-refractivity contribution in [2.24, 2.45) is 0 Å². The Hall–Kier alpha value is -1.56. The van der Waals surface area contributed by atoms with Crippen molar-refractivity contribution in [1.82, 2.24) is 0 Å². The molecule has 0 atom stereocenters. The van der Waals surface area contributed by atoms with Gasteiger partial charge in [0.15, 0.2) is 0 Å². The van der Waals surface area contributed by atoms with Crippen molar-refractivity contribution in [3.8, 4) is 0 Å². The van der Waals surface area contributed by atoms with E-state index in [0.717, 1.165) is 5.56 Å². The van der Waals surface area contributed by atoms with E-state index in [9.17, 15) is 8.42 Å². The maximum atomic E-state index is 12.5. The van der Waals surface area contributed by atoms with Gasteiger partial charge in [0.05, 0.1) is 22.2 Å². The molecule has 0 aliphatic carbocycles. The summed E-state index contributed by atoms with van der Waals surface area (Å²) in [6, 6.07) is 9.98. The van der Waals surface area contributed by atoms with Crippen LogP contribution in [0.2, 0.25) is 5.02 Å². The van der Waals surface area contributed by atoms with Gasteiger partial charge in [0, 0.05) is 0 Å². The molecule has 0 aliphatic rings. The Bertz CT molecular complexity index is 752. The topological polar surface area (TPSA) is 66.4 Å². The van der Waals surface area contributed by atoms with E-state index in [4.69, 9.17) is 16.7 Å². The Labute approximate surface area is 129 Å². The molecule has 112 valence electrons. The van der Waals surface area contributed by atoms with Gasteiger partial charge in [0.1, 0.15) is 0 Å². The molecule has 0 saturated heterocycles. The molecule has 0 aliphatic heterocycles. The van der Waals surface area contributed by atoms with Crippen LogP contribution in [0, 0.1) is 13.8 Å². The Morgan fingerprint density at radius 3 is 2.48 bits per heavy atom. The lowest BCUT2D eigenvalue weighted by Crippen LogP contribution is -2.15. The van der Waals surface area contributed by atoms with Crippen molar-refractivity contribution in [2.75, 3.05) is 4.72 Å². The molecule has 0 amide bonds. The summed E-state index contributed by atoms with van der Waals surface area (Å²) in [4.78, 5) is 0.133. The lowest BCUT2D eigenvalue weighted by atomic mass is 10.2. The summed E-state index contributed by atoms with van der Waals surface area (Å²) >= 11 is 6.05. The highest BCUT2D eigenvalue weighted by Gasteiger charge is 2.19. The lowest BCUT2D eigenvalue weighted by Gasteiger charge is -2.14. The molecule has 0 saturated carbocycles. The summed E-state index contributed by atoms with van der Waals surface area (Å²) in [6.45, 7) is 3.27. The summed E-state index contributed by atoms with van der Waals surface area (Å²) in [6.07, 6.45) is 0. The van der Waals surface area contributed by atoms with Crippen LogP contribution in [0.15, 0.2) is 41.3 Å². The molecule has 2 aromatic carbocycles. The molecular weight excluding hydrogens is 310 g/mol. The first-order valence-corrected chi connectivity index (χ1v) is 8.19. The molecule has 0 bridgehead atoms. The van der Waals surface area contributed by atoms with Gasteiger partial charge < -0.3 is 5.11 Å². The van der Waals surface area contributed by atoms with Gasteiger partial charge in [-0.3, -0.25) is 4.72 Å². The van der Waals surface area contributed by atoms with Crippen molar-refractivity contribution in [1.29, 1.82) is 0 Å². The first-order valence-electron chi connectivity index (χ1n) is 6.33. The van der Waals surface area contributed by atoms with E-state index >= 15 is 0 Å². The molecule has 0 fully saturated rings. The van der Waals surface area contributed by atoms with Crippen LogP contribution in [0.1, 0.15) is 16.7 Å². The maximum absolute atomic E-state index is 12.5. The van der Waals surface area contributed by atoms with Gasteiger partial charge in [-0.25, -0.2) is 8.42 Å². The predicted octanol–water partition coefficient (Wildman–Crippen LogP) is 3.25. The SMILES string of the molecule is Cc1ccc(CO)cc1S(=O)(=O)Nc1c(C)cccc1Cl. The molecule has 6 heteroatoms. The van der Waals surface area contributed by atoms with Gasteiger partial charge in [-0.05, 0) is 42.7 Å². The van der Waals surface area contributed by atoms with Crippen LogP contribution in [0.25, 0.3) is 0 Å². The lowest BCUT2D eigenvalue weighted by molar-refractivity contribution is 0.281. The number of aliphatic hydroxyl groups is 1. The first kappa shape index (κ1) is 15.8. The van der Waals surface area contributed by atoms with Gasteiger partial charge in [-0.1, -0.05) is 35.9 Å². The van der Waals surface area contributed by atoms with Crippen LogP contribution >= 0.6 is 11.6 Å². The van der Waals surface area contributed by atoms with E-state index in [1.165, 1.54) is 6.07 Å². The highest BCUT2D eigenvalue weighted by molar-refractivity contribution is 7.92. The fraction of sp³-hybridized carbons (Fsp3) is 0.200. The zero-order valence-corrected chi connectivity index (χ0v) is 13.3. The van der Waals surface area contributed by atoms with Gasteiger partial charge in [0.25, 0.3) is 10.0 Å². The number of aryl methyl sites for hydroxylation is 2. The Morgan fingerprint density at radius 2 is 1.86 bits per heavy atom. The molecule has 2 N–H and O–H groups in total. The van der Waals surface area contributed by atoms with Crippen LogP contribution < -0.4 is 4.72 Å². The summed E-state index contributed by atoms with van der Waals surface area (Å²) < 4.78 is 27.6. The third kappa shape index (κ3) is 3.37. The number of sulfonamides is 1. The number of halogens is 1. The normalized spacial score (nSPS) is 11.4. The highest BCUT2D eigenvalue weighted by Crippen LogP contribution is 2.29. The van der Waals surface area contributed by atoms with E-state index in [2.05, 4.69) is 4.72 Å². The number of anilines is 1. The number of rotatable bonds is 4. The van der Waals surface area contributed by atoms with Gasteiger partial charge in [-0.2, -0.15) is 0 Å². The molecule has 0 radical (unpaired) electrons. The van der Waals surface area contributed by atoms with Crippen molar-refractivity contribution in [3.63, 3.8) is 0 Å². The second-order valence-electron chi connectivity index (χ2n) is 4.80. The number of nitrogens with one attached hydrogen (secondary N) is 1. The summed E-state index contributed by atoms with van der Waals surface area (Å²) in [5, 5.41) is 9.50. The molecule has 4 nitrogen and oxygen atoms in total. The summed E-state index contributed by atoms with van der Waals surface area (Å²) in [5.74, 6) is 0. The van der Waals surface area contributed by atoms with Crippen LogP contribution in [0.3, 0.4) is 0 Å². The first-order chi connectivity index (χ1) is 9.85. The zero-order valence-electron chi connectivity index (χ0n) is 11.7. The molecule has 21 heavy (non-hydrogen) atoms. The summed E-state index contributed by atoms with van der Waals surface area (Å²) in [5.41, 5.74) is 2.25. The smallest absolute Gasteiger partial charge is 0.262 e. The number of hydrogen-bond donors (Lipinski definition) is 2. The largest absolute Gasteiger partial charge is 0.392 e. The van der Waals surface area contributed by atoms with Crippen molar-refractivity contribution in [2.45, 2.75) is 25.3 Å². The Balaban J connectivity index is 2.48.